The molecule has 0 bridgehead atoms. The highest BCUT2D eigenvalue weighted by Crippen LogP contribution is 2.29. The van der Waals surface area contributed by atoms with Crippen LogP contribution in [0.2, 0.25) is 0 Å². The number of anilines is 2. The standard InChI is InChI=1S/C19H32N4O3S/c1-5-23(6-2)27(25,26)16-10-11-18(21(3)4)17(14-16)20-19(24)15-22-12-8-7-9-13-22/h10-11,14H,5-9,12-13,15H2,1-4H3,(H,20,24)/p+1. The van der Waals surface area contributed by atoms with Gasteiger partial charge in [-0.25, -0.2) is 8.42 Å². The maximum Gasteiger partial charge on any atom is 0.279 e. The van der Waals surface area contributed by atoms with Crippen molar-refractivity contribution in [2.24, 2.45) is 0 Å². The third-order valence-electron chi connectivity index (χ3n) is 5.04. The van der Waals surface area contributed by atoms with Crippen LogP contribution in [0.1, 0.15) is 33.1 Å². The van der Waals surface area contributed by atoms with E-state index >= 15 is 0 Å². The highest BCUT2D eigenvalue weighted by atomic mass is 32.2. The van der Waals surface area contributed by atoms with Gasteiger partial charge in [0.15, 0.2) is 6.54 Å². The maximum atomic E-state index is 12.8. The first-order valence-electron chi connectivity index (χ1n) is 9.74. The molecule has 1 aliphatic heterocycles. The molecule has 2 N–H and O–H groups in total. The Bertz CT molecular complexity index is 739. The smallest absolute Gasteiger partial charge is 0.279 e. The van der Waals surface area contributed by atoms with Crippen LogP contribution in [-0.4, -0.2) is 65.4 Å². The molecule has 1 heterocycles. The molecule has 1 aromatic carbocycles. The Morgan fingerprint density at radius 3 is 2.30 bits per heavy atom. The van der Waals surface area contributed by atoms with Gasteiger partial charge in [0.2, 0.25) is 10.0 Å². The summed E-state index contributed by atoms with van der Waals surface area (Å²) in [7, 11) is 0.178. The lowest BCUT2D eigenvalue weighted by atomic mass is 10.1. The number of carbonyl (C=O) groups excluding carboxylic acids is 1. The minimum absolute atomic E-state index is 0.0765. The van der Waals surface area contributed by atoms with Crippen molar-refractivity contribution in [3.05, 3.63) is 18.2 Å². The van der Waals surface area contributed by atoms with Crippen LogP contribution in [0.5, 0.6) is 0 Å². The lowest BCUT2D eigenvalue weighted by Crippen LogP contribution is -3.13. The van der Waals surface area contributed by atoms with Crippen LogP contribution in [0.15, 0.2) is 23.1 Å². The molecule has 8 heteroatoms. The molecule has 1 aromatic rings. The quantitative estimate of drug-likeness (QED) is 0.680. The Hall–Kier alpha value is -1.64. The SMILES string of the molecule is CCN(CC)S(=O)(=O)c1ccc(N(C)C)c(NC(=O)C[NH+]2CCCCC2)c1. The third kappa shape index (κ3) is 5.43. The summed E-state index contributed by atoms with van der Waals surface area (Å²) in [4.78, 5) is 15.9. The number of amides is 1. The molecule has 2 rings (SSSR count). The average molecular weight is 398 g/mol. The summed E-state index contributed by atoms with van der Waals surface area (Å²) in [5.41, 5.74) is 1.32. The van der Waals surface area contributed by atoms with Crippen molar-refractivity contribution in [1.82, 2.24) is 4.31 Å². The minimum atomic E-state index is -3.57. The predicted molar refractivity (Wildman–Crippen MR) is 109 cm³/mol. The molecular formula is C19H33N4O3S+. The van der Waals surface area contributed by atoms with Crippen molar-refractivity contribution in [3.63, 3.8) is 0 Å². The summed E-state index contributed by atoms with van der Waals surface area (Å²) in [6, 6.07) is 4.93. The first-order chi connectivity index (χ1) is 12.8. The van der Waals surface area contributed by atoms with Crippen molar-refractivity contribution in [3.8, 4) is 0 Å². The van der Waals surface area contributed by atoms with Crippen molar-refractivity contribution in [2.45, 2.75) is 38.0 Å². The van der Waals surface area contributed by atoms with Gasteiger partial charge in [-0.05, 0) is 37.5 Å². The Morgan fingerprint density at radius 2 is 1.74 bits per heavy atom. The average Bonchev–Trinajstić information content (AvgIpc) is 2.63. The number of rotatable bonds is 8. The predicted octanol–water partition coefficient (Wildman–Crippen LogP) is 0.790. The molecule has 0 spiro atoms. The number of likely N-dealkylation sites (tertiary alicyclic amines) is 1. The normalized spacial score (nSPS) is 15.7. The zero-order valence-corrected chi connectivity index (χ0v) is 17.7. The van der Waals surface area contributed by atoms with Crippen molar-refractivity contribution >= 4 is 27.3 Å². The molecule has 0 aromatic heterocycles. The Kier molecular flexibility index (Phi) is 7.64. The summed E-state index contributed by atoms with van der Waals surface area (Å²) in [5, 5.41) is 2.94. The molecule has 0 atom stereocenters. The lowest BCUT2D eigenvalue weighted by Gasteiger charge is -2.24. The summed E-state index contributed by atoms with van der Waals surface area (Å²) >= 11 is 0. The molecule has 0 unspecified atom stereocenters. The van der Waals surface area contributed by atoms with Gasteiger partial charge in [0, 0.05) is 27.2 Å². The van der Waals surface area contributed by atoms with Gasteiger partial charge < -0.3 is 15.1 Å². The van der Waals surface area contributed by atoms with Gasteiger partial charge in [0.1, 0.15) is 0 Å². The minimum Gasteiger partial charge on any atom is -0.376 e. The van der Waals surface area contributed by atoms with E-state index in [-0.39, 0.29) is 10.8 Å². The van der Waals surface area contributed by atoms with E-state index in [0.29, 0.717) is 25.3 Å². The second kappa shape index (κ2) is 9.52. The van der Waals surface area contributed by atoms with E-state index in [1.165, 1.54) is 15.6 Å². The summed E-state index contributed by atoms with van der Waals surface area (Å²) in [5.74, 6) is -0.0765. The van der Waals surface area contributed by atoms with Crippen LogP contribution < -0.4 is 15.1 Å². The number of carbonyl (C=O) groups is 1. The number of nitrogens with zero attached hydrogens (tertiary/aromatic N) is 2. The lowest BCUT2D eigenvalue weighted by molar-refractivity contribution is -0.896. The van der Waals surface area contributed by atoms with Crippen molar-refractivity contribution in [1.29, 1.82) is 0 Å². The van der Waals surface area contributed by atoms with E-state index in [1.807, 2.05) is 32.8 Å². The van der Waals surface area contributed by atoms with Crippen LogP contribution >= 0.6 is 0 Å². The largest absolute Gasteiger partial charge is 0.376 e. The van der Waals surface area contributed by atoms with Gasteiger partial charge >= 0.3 is 0 Å². The molecule has 27 heavy (non-hydrogen) atoms. The van der Waals surface area contributed by atoms with E-state index in [0.717, 1.165) is 31.6 Å². The van der Waals surface area contributed by atoms with Crippen LogP contribution in [-0.2, 0) is 14.8 Å². The molecule has 1 saturated heterocycles. The number of hydrogen-bond donors (Lipinski definition) is 2. The summed E-state index contributed by atoms with van der Waals surface area (Å²) < 4.78 is 27.1. The fourth-order valence-corrected chi connectivity index (χ4v) is 5.01. The molecule has 1 aliphatic rings. The highest BCUT2D eigenvalue weighted by Gasteiger charge is 2.24. The molecule has 0 saturated carbocycles. The van der Waals surface area contributed by atoms with Gasteiger partial charge in [0.05, 0.1) is 29.4 Å². The fourth-order valence-electron chi connectivity index (χ4n) is 3.53. The zero-order chi connectivity index (χ0) is 20.0. The Labute approximate surface area is 163 Å². The number of sulfonamides is 1. The number of quaternary nitrogens is 1. The molecule has 0 aliphatic carbocycles. The van der Waals surface area contributed by atoms with Crippen LogP contribution in [0.25, 0.3) is 0 Å². The number of hydrogen-bond acceptors (Lipinski definition) is 4. The molecule has 1 amide bonds. The van der Waals surface area contributed by atoms with E-state index in [1.54, 1.807) is 18.2 Å². The molecule has 7 nitrogen and oxygen atoms in total. The Morgan fingerprint density at radius 1 is 1.11 bits per heavy atom. The monoisotopic (exact) mass is 397 g/mol. The Balaban J connectivity index is 2.26. The van der Waals surface area contributed by atoms with E-state index < -0.39 is 10.0 Å². The fraction of sp³-hybridized carbons (Fsp3) is 0.632. The highest BCUT2D eigenvalue weighted by molar-refractivity contribution is 7.89. The van der Waals surface area contributed by atoms with Crippen LogP contribution in [0, 0.1) is 0 Å². The number of piperidine rings is 1. The molecular weight excluding hydrogens is 364 g/mol. The first-order valence-corrected chi connectivity index (χ1v) is 11.2. The first kappa shape index (κ1) is 21.7. The van der Waals surface area contributed by atoms with E-state index in [2.05, 4.69) is 5.32 Å². The topological polar surface area (TPSA) is 74.2 Å². The number of benzene rings is 1. The van der Waals surface area contributed by atoms with Crippen LogP contribution in [0.3, 0.4) is 0 Å². The second-order valence-corrected chi connectivity index (χ2v) is 9.14. The molecule has 0 radical (unpaired) electrons. The maximum absolute atomic E-state index is 12.8. The van der Waals surface area contributed by atoms with Gasteiger partial charge in [-0.2, -0.15) is 4.31 Å². The number of nitrogens with one attached hydrogen (secondary N) is 2. The third-order valence-corrected chi connectivity index (χ3v) is 7.08. The van der Waals surface area contributed by atoms with Gasteiger partial charge in [0.25, 0.3) is 5.91 Å². The van der Waals surface area contributed by atoms with Gasteiger partial charge in [-0.3, -0.25) is 4.79 Å². The summed E-state index contributed by atoms with van der Waals surface area (Å²) in [6.07, 6.45) is 3.55. The molecule has 152 valence electrons. The van der Waals surface area contributed by atoms with Crippen molar-refractivity contribution in [2.75, 3.05) is 57.0 Å². The van der Waals surface area contributed by atoms with E-state index in [9.17, 15) is 13.2 Å². The second-order valence-electron chi connectivity index (χ2n) is 7.20. The zero-order valence-electron chi connectivity index (χ0n) is 16.9. The van der Waals surface area contributed by atoms with Crippen molar-refractivity contribution < 1.29 is 18.1 Å². The van der Waals surface area contributed by atoms with Gasteiger partial charge in [-0.1, -0.05) is 13.8 Å². The van der Waals surface area contributed by atoms with Crippen LogP contribution in [0.4, 0.5) is 11.4 Å². The van der Waals surface area contributed by atoms with E-state index in [4.69, 9.17) is 0 Å². The molecule has 1 fully saturated rings. The summed E-state index contributed by atoms with van der Waals surface area (Å²) in [6.45, 7) is 6.91. The van der Waals surface area contributed by atoms with Gasteiger partial charge in [-0.15, -0.1) is 0 Å².